The van der Waals surface area contributed by atoms with Crippen molar-refractivity contribution in [2.45, 2.75) is 13.3 Å². The van der Waals surface area contributed by atoms with Crippen LogP contribution in [0, 0.1) is 5.82 Å². The molecule has 0 bridgehead atoms. The minimum absolute atomic E-state index is 0.185. The molecule has 0 aliphatic carbocycles. The van der Waals surface area contributed by atoms with Crippen LogP contribution in [0.25, 0.3) is 23.1 Å². The van der Waals surface area contributed by atoms with Gasteiger partial charge in [0.15, 0.2) is 0 Å². The molecule has 0 atom stereocenters. The maximum atomic E-state index is 13.1. The van der Waals surface area contributed by atoms with Gasteiger partial charge in [0.25, 0.3) is 5.91 Å². The van der Waals surface area contributed by atoms with Gasteiger partial charge in [0.05, 0.1) is 29.3 Å². The molecule has 0 aliphatic heterocycles. The number of aromatic amines is 1. The SMILES string of the molecule is CCNCCCNC(=O)c1ccc2[nH]nc(/C=C/c3ccc(F)cc3)c2c1OC. The van der Waals surface area contributed by atoms with Crippen LogP contribution < -0.4 is 15.4 Å². The van der Waals surface area contributed by atoms with E-state index in [0.717, 1.165) is 36.0 Å². The molecular formula is C22H25FN4O2. The minimum atomic E-state index is -0.282. The number of hydrogen-bond acceptors (Lipinski definition) is 4. The van der Waals surface area contributed by atoms with E-state index in [9.17, 15) is 9.18 Å². The summed E-state index contributed by atoms with van der Waals surface area (Å²) in [4.78, 5) is 12.6. The van der Waals surface area contributed by atoms with E-state index in [2.05, 4.69) is 20.8 Å². The Morgan fingerprint density at radius 2 is 1.97 bits per heavy atom. The second kappa shape index (κ2) is 9.84. The van der Waals surface area contributed by atoms with Crippen LogP contribution in [0.5, 0.6) is 5.75 Å². The Balaban J connectivity index is 1.84. The third-order valence-corrected chi connectivity index (χ3v) is 4.53. The lowest BCUT2D eigenvalue weighted by Crippen LogP contribution is -2.27. The molecule has 0 saturated heterocycles. The van der Waals surface area contributed by atoms with E-state index >= 15 is 0 Å². The number of hydrogen-bond donors (Lipinski definition) is 3. The third kappa shape index (κ3) is 5.00. The topological polar surface area (TPSA) is 79.0 Å². The fraction of sp³-hybridized carbons (Fsp3) is 0.273. The second-order valence-corrected chi connectivity index (χ2v) is 6.53. The summed E-state index contributed by atoms with van der Waals surface area (Å²) in [5.41, 5.74) is 2.71. The number of ether oxygens (including phenoxy) is 1. The van der Waals surface area contributed by atoms with E-state index in [1.807, 2.05) is 25.1 Å². The number of amides is 1. The summed E-state index contributed by atoms with van der Waals surface area (Å²) in [6.45, 7) is 4.39. The van der Waals surface area contributed by atoms with Gasteiger partial charge in [-0.1, -0.05) is 25.1 Å². The first-order chi connectivity index (χ1) is 14.1. The number of carbonyl (C=O) groups excluding carboxylic acids is 1. The van der Waals surface area contributed by atoms with Crippen molar-refractivity contribution in [3.8, 4) is 5.75 Å². The van der Waals surface area contributed by atoms with Crippen LogP contribution in [-0.4, -0.2) is 42.8 Å². The predicted octanol–water partition coefficient (Wildman–Crippen LogP) is 3.61. The lowest BCUT2D eigenvalue weighted by molar-refractivity contribution is 0.0950. The lowest BCUT2D eigenvalue weighted by Gasteiger charge is -2.11. The summed E-state index contributed by atoms with van der Waals surface area (Å²) in [5.74, 6) is 0.00395. The average molecular weight is 396 g/mol. The Morgan fingerprint density at radius 1 is 1.17 bits per heavy atom. The van der Waals surface area contributed by atoms with E-state index in [4.69, 9.17) is 4.74 Å². The normalized spacial score (nSPS) is 11.3. The molecule has 1 amide bonds. The Bertz CT molecular complexity index is 996. The number of benzene rings is 2. The van der Waals surface area contributed by atoms with E-state index in [0.29, 0.717) is 23.6 Å². The molecule has 0 saturated carbocycles. The largest absolute Gasteiger partial charge is 0.495 e. The Kier molecular flexibility index (Phi) is 6.97. The first kappa shape index (κ1) is 20.5. The lowest BCUT2D eigenvalue weighted by atomic mass is 10.1. The van der Waals surface area contributed by atoms with Gasteiger partial charge in [0.2, 0.25) is 0 Å². The number of nitrogens with zero attached hydrogens (tertiary/aromatic N) is 1. The average Bonchev–Trinajstić information content (AvgIpc) is 3.15. The molecule has 2 aromatic carbocycles. The first-order valence-corrected chi connectivity index (χ1v) is 9.61. The van der Waals surface area contributed by atoms with Gasteiger partial charge in [0.1, 0.15) is 11.6 Å². The zero-order chi connectivity index (χ0) is 20.6. The van der Waals surface area contributed by atoms with Gasteiger partial charge in [-0.2, -0.15) is 5.10 Å². The Hall–Kier alpha value is -3.19. The number of carbonyl (C=O) groups is 1. The maximum absolute atomic E-state index is 13.1. The smallest absolute Gasteiger partial charge is 0.255 e. The molecule has 0 unspecified atom stereocenters. The molecule has 1 aromatic heterocycles. The number of rotatable bonds is 9. The number of nitrogens with one attached hydrogen (secondary N) is 3. The first-order valence-electron chi connectivity index (χ1n) is 9.61. The molecule has 6 nitrogen and oxygen atoms in total. The zero-order valence-corrected chi connectivity index (χ0v) is 16.6. The van der Waals surface area contributed by atoms with Crippen LogP contribution in [0.2, 0.25) is 0 Å². The summed E-state index contributed by atoms with van der Waals surface area (Å²) in [7, 11) is 1.54. The molecular weight excluding hydrogens is 371 g/mol. The maximum Gasteiger partial charge on any atom is 0.255 e. The van der Waals surface area contributed by atoms with Gasteiger partial charge >= 0.3 is 0 Å². The molecule has 0 aliphatic rings. The van der Waals surface area contributed by atoms with Crippen molar-refractivity contribution >= 4 is 29.0 Å². The van der Waals surface area contributed by atoms with Gasteiger partial charge in [-0.05, 0) is 55.4 Å². The summed E-state index contributed by atoms with van der Waals surface area (Å²) in [6.07, 6.45) is 4.50. The monoisotopic (exact) mass is 396 g/mol. The predicted molar refractivity (Wildman–Crippen MR) is 113 cm³/mol. The summed E-state index contributed by atoms with van der Waals surface area (Å²) in [5, 5.41) is 14.2. The molecule has 0 spiro atoms. The van der Waals surface area contributed by atoms with Gasteiger partial charge in [-0.15, -0.1) is 0 Å². The van der Waals surface area contributed by atoms with E-state index in [1.54, 1.807) is 18.2 Å². The van der Waals surface area contributed by atoms with E-state index < -0.39 is 0 Å². The standard InChI is InChI=1S/C22H25FN4O2/c1-3-24-13-4-14-25-22(28)17-10-12-19-20(21(17)29-2)18(26-27-19)11-7-15-5-8-16(23)9-6-15/h5-12,24H,3-4,13-14H2,1-2H3,(H,25,28)(H,26,27)/b11-7+. The Labute approximate surface area is 169 Å². The molecule has 29 heavy (non-hydrogen) atoms. The van der Waals surface area contributed by atoms with Crippen LogP contribution in [-0.2, 0) is 0 Å². The summed E-state index contributed by atoms with van der Waals surface area (Å²) < 4.78 is 18.7. The number of aromatic nitrogens is 2. The second-order valence-electron chi connectivity index (χ2n) is 6.53. The number of H-pyrrole nitrogens is 1. The van der Waals surface area contributed by atoms with E-state index in [-0.39, 0.29) is 11.7 Å². The molecule has 152 valence electrons. The third-order valence-electron chi connectivity index (χ3n) is 4.53. The molecule has 0 fully saturated rings. The Morgan fingerprint density at radius 3 is 2.69 bits per heavy atom. The molecule has 0 radical (unpaired) electrons. The number of halogens is 1. The summed E-state index contributed by atoms with van der Waals surface area (Å²) in [6, 6.07) is 9.72. The van der Waals surface area contributed by atoms with Crippen LogP contribution >= 0.6 is 0 Å². The van der Waals surface area contributed by atoms with E-state index in [1.165, 1.54) is 19.2 Å². The fourth-order valence-corrected chi connectivity index (χ4v) is 3.05. The highest BCUT2D eigenvalue weighted by atomic mass is 19.1. The van der Waals surface area contributed by atoms with Crippen LogP contribution in [0.4, 0.5) is 4.39 Å². The van der Waals surface area contributed by atoms with Crippen molar-refractivity contribution in [1.82, 2.24) is 20.8 Å². The van der Waals surface area contributed by atoms with Crippen molar-refractivity contribution in [3.05, 3.63) is 59.0 Å². The van der Waals surface area contributed by atoms with Crippen LogP contribution in [0.15, 0.2) is 36.4 Å². The quantitative estimate of drug-likeness (QED) is 0.483. The van der Waals surface area contributed by atoms with Gasteiger partial charge < -0.3 is 15.4 Å². The molecule has 1 heterocycles. The molecule has 3 aromatic rings. The minimum Gasteiger partial charge on any atom is -0.495 e. The van der Waals surface area contributed by atoms with Gasteiger partial charge in [0, 0.05) is 6.54 Å². The number of methoxy groups -OCH3 is 1. The van der Waals surface area contributed by atoms with Crippen molar-refractivity contribution in [2.24, 2.45) is 0 Å². The molecule has 7 heteroatoms. The number of fused-ring (bicyclic) bond motifs is 1. The van der Waals surface area contributed by atoms with Crippen LogP contribution in [0.1, 0.15) is 35.0 Å². The fourth-order valence-electron chi connectivity index (χ4n) is 3.05. The highest BCUT2D eigenvalue weighted by molar-refractivity contribution is 6.05. The summed E-state index contributed by atoms with van der Waals surface area (Å²) >= 11 is 0. The van der Waals surface area contributed by atoms with Crippen LogP contribution in [0.3, 0.4) is 0 Å². The van der Waals surface area contributed by atoms with Gasteiger partial charge in [-0.3, -0.25) is 9.89 Å². The zero-order valence-electron chi connectivity index (χ0n) is 16.6. The van der Waals surface area contributed by atoms with Crippen molar-refractivity contribution in [3.63, 3.8) is 0 Å². The highest BCUT2D eigenvalue weighted by Gasteiger charge is 2.18. The van der Waals surface area contributed by atoms with Crippen molar-refractivity contribution < 1.29 is 13.9 Å². The van der Waals surface area contributed by atoms with Crippen molar-refractivity contribution in [1.29, 1.82) is 0 Å². The molecule has 3 N–H and O–H groups in total. The van der Waals surface area contributed by atoms with Crippen molar-refractivity contribution in [2.75, 3.05) is 26.7 Å². The van der Waals surface area contributed by atoms with Gasteiger partial charge in [-0.25, -0.2) is 4.39 Å². The molecule has 3 rings (SSSR count). The highest BCUT2D eigenvalue weighted by Crippen LogP contribution is 2.32.